The number of esters is 1. The average Bonchev–Trinajstić information content (AvgIpc) is 3.08. The smallest absolute Gasteiger partial charge is 0.360 e. The minimum atomic E-state index is -0.484. The maximum absolute atomic E-state index is 12.2. The van der Waals surface area contributed by atoms with Gasteiger partial charge in [-0.3, -0.25) is 9.69 Å². The Bertz CT molecular complexity index is 877. The van der Waals surface area contributed by atoms with Crippen LogP contribution in [0.1, 0.15) is 47.9 Å². The number of amides is 1. The first-order valence-corrected chi connectivity index (χ1v) is 8.86. The van der Waals surface area contributed by atoms with E-state index in [2.05, 4.69) is 15.3 Å². The predicted molar refractivity (Wildman–Crippen MR) is 92.7 cm³/mol. The first-order chi connectivity index (χ1) is 12.5. The van der Waals surface area contributed by atoms with E-state index in [4.69, 9.17) is 4.74 Å². The quantitative estimate of drug-likeness (QED) is 0.759. The highest BCUT2D eigenvalue weighted by atomic mass is 16.5. The van der Waals surface area contributed by atoms with Gasteiger partial charge < -0.3 is 4.74 Å². The Morgan fingerprint density at radius 3 is 2.92 bits per heavy atom. The topological polar surface area (TPSA) is 90.2 Å². The molecule has 0 radical (unpaired) electrons. The normalized spacial score (nSPS) is 22.3. The molecule has 3 heterocycles. The molecule has 1 aliphatic heterocycles. The molecule has 0 spiro atoms. The SMILES string of the molecule is CCOC(=O)c1cn([C@@H](C)c2cnc(N3C[C@H]4C[C@H]4C3=O)cc2C)nn1. The molecular weight excluding hydrogens is 334 g/mol. The number of nitrogens with zero attached hydrogens (tertiary/aromatic N) is 5. The lowest BCUT2D eigenvalue weighted by Crippen LogP contribution is -2.29. The summed E-state index contributed by atoms with van der Waals surface area (Å²) in [4.78, 5) is 30.3. The molecule has 1 saturated heterocycles. The summed E-state index contributed by atoms with van der Waals surface area (Å²) in [7, 11) is 0. The number of carbonyl (C=O) groups is 2. The highest BCUT2D eigenvalue weighted by Gasteiger charge is 2.52. The van der Waals surface area contributed by atoms with Crippen molar-refractivity contribution in [3.05, 3.63) is 35.3 Å². The van der Waals surface area contributed by atoms with Crippen LogP contribution < -0.4 is 4.90 Å². The Hall–Kier alpha value is -2.77. The molecule has 136 valence electrons. The number of piperidine rings is 1. The number of hydrogen-bond acceptors (Lipinski definition) is 6. The number of pyridine rings is 1. The van der Waals surface area contributed by atoms with Gasteiger partial charge in [0.25, 0.3) is 0 Å². The molecule has 2 aromatic rings. The van der Waals surface area contributed by atoms with Crippen LogP contribution >= 0.6 is 0 Å². The maximum atomic E-state index is 12.2. The molecule has 3 atom stereocenters. The van der Waals surface area contributed by atoms with Gasteiger partial charge in [-0.25, -0.2) is 14.5 Å². The summed E-state index contributed by atoms with van der Waals surface area (Å²) >= 11 is 0. The van der Waals surface area contributed by atoms with Crippen LogP contribution in [0.4, 0.5) is 5.82 Å². The fourth-order valence-electron chi connectivity index (χ4n) is 3.53. The van der Waals surface area contributed by atoms with E-state index in [1.807, 2.05) is 19.9 Å². The van der Waals surface area contributed by atoms with Gasteiger partial charge in [-0.2, -0.15) is 0 Å². The molecular formula is C18H21N5O3. The Morgan fingerprint density at radius 2 is 2.27 bits per heavy atom. The zero-order valence-corrected chi connectivity index (χ0v) is 15.0. The maximum Gasteiger partial charge on any atom is 0.360 e. The molecule has 1 aliphatic carbocycles. The molecule has 2 fully saturated rings. The van der Waals surface area contributed by atoms with Crippen LogP contribution in [0.3, 0.4) is 0 Å². The number of fused-ring (bicyclic) bond motifs is 1. The molecule has 2 aliphatic rings. The van der Waals surface area contributed by atoms with E-state index in [1.54, 1.807) is 28.9 Å². The molecule has 0 N–H and O–H groups in total. The molecule has 8 nitrogen and oxygen atoms in total. The van der Waals surface area contributed by atoms with Gasteiger partial charge in [-0.1, -0.05) is 5.21 Å². The van der Waals surface area contributed by atoms with E-state index in [9.17, 15) is 9.59 Å². The van der Waals surface area contributed by atoms with Crippen LogP contribution in [0.15, 0.2) is 18.5 Å². The fraction of sp³-hybridized carbons (Fsp3) is 0.500. The largest absolute Gasteiger partial charge is 0.461 e. The number of aryl methyl sites for hydroxylation is 1. The van der Waals surface area contributed by atoms with Gasteiger partial charge in [-0.15, -0.1) is 5.10 Å². The number of carbonyl (C=O) groups excluding carboxylic acids is 2. The highest BCUT2D eigenvalue weighted by Crippen LogP contribution is 2.47. The van der Waals surface area contributed by atoms with Gasteiger partial charge in [0.2, 0.25) is 5.91 Å². The molecule has 8 heteroatoms. The van der Waals surface area contributed by atoms with Crippen molar-refractivity contribution in [1.82, 2.24) is 20.0 Å². The Morgan fingerprint density at radius 1 is 1.46 bits per heavy atom. The molecule has 0 aromatic carbocycles. The molecule has 2 aromatic heterocycles. The van der Waals surface area contributed by atoms with Gasteiger partial charge >= 0.3 is 5.97 Å². The molecule has 26 heavy (non-hydrogen) atoms. The van der Waals surface area contributed by atoms with Crippen LogP contribution in [-0.2, 0) is 9.53 Å². The van der Waals surface area contributed by atoms with Crippen molar-refractivity contribution in [2.75, 3.05) is 18.1 Å². The minimum Gasteiger partial charge on any atom is -0.461 e. The van der Waals surface area contributed by atoms with E-state index >= 15 is 0 Å². The second kappa shape index (κ2) is 6.19. The molecule has 0 bridgehead atoms. The van der Waals surface area contributed by atoms with E-state index in [0.717, 1.165) is 24.1 Å². The standard InChI is InChI=1S/C18H21N5O3/c1-4-26-18(25)15-9-23(21-20-15)11(3)14-7-19-16(5-10(14)2)22-8-12-6-13(12)17(22)24/h5,7,9,11-13H,4,6,8H2,1-3H3/t11-,12+,13+/m0/s1. The molecule has 1 saturated carbocycles. The monoisotopic (exact) mass is 355 g/mol. The summed E-state index contributed by atoms with van der Waals surface area (Å²) < 4.78 is 6.56. The predicted octanol–water partition coefficient (Wildman–Crippen LogP) is 1.75. The van der Waals surface area contributed by atoms with Crippen molar-refractivity contribution in [3.8, 4) is 0 Å². The number of anilines is 1. The van der Waals surface area contributed by atoms with Gasteiger partial charge in [0, 0.05) is 18.7 Å². The van der Waals surface area contributed by atoms with Crippen molar-refractivity contribution in [1.29, 1.82) is 0 Å². The van der Waals surface area contributed by atoms with E-state index < -0.39 is 5.97 Å². The van der Waals surface area contributed by atoms with E-state index in [0.29, 0.717) is 18.3 Å². The molecule has 1 amide bonds. The fourth-order valence-corrected chi connectivity index (χ4v) is 3.53. The van der Waals surface area contributed by atoms with Crippen LogP contribution in [0, 0.1) is 18.8 Å². The van der Waals surface area contributed by atoms with Crippen LogP contribution in [0.2, 0.25) is 0 Å². The second-order valence-corrected chi connectivity index (χ2v) is 6.93. The molecule has 0 unspecified atom stereocenters. The van der Waals surface area contributed by atoms with Crippen molar-refractivity contribution < 1.29 is 14.3 Å². The Labute approximate surface area is 151 Å². The average molecular weight is 355 g/mol. The second-order valence-electron chi connectivity index (χ2n) is 6.93. The summed E-state index contributed by atoms with van der Waals surface area (Å²) in [5.41, 5.74) is 2.16. The third-order valence-electron chi connectivity index (χ3n) is 5.18. The number of ether oxygens (including phenoxy) is 1. The van der Waals surface area contributed by atoms with Crippen molar-refractivity contribution >= 4 is 17.7 Å². The van der Waals surface area contributed by atoms with Crippen LogP contribution in [0.5, 0.6) is 0 Å². The zero-order valence-electron chi connectivity index (χ0n) is 15.0. The lowest BCUT2D eigenvalue weighted by atomic mass is 10.1. The van der Waals surface area contributed by atoms with Crippen molar-refractivity contribution in [2.45, 2.75) is 33.2 Å². The van der Waals surface area contributed by atoms with Crippen LogP contribution in [-0.4, -0.2) is 45.0 Å². The van der Waals surface area contributed by atoms with Gasteiger partial charge in [0.15, 0.2) is 5.69 Å². The van der Waals surface area contributed by atoms with Crippen molar-refractivity contribution in [2.24, 2.45) is 11.8 Å². The summed E-state index contributed by atoms with van der Waals surface area (Å²) in [6, 6.07) is 1.80. The zero-order chi connectivity index (χ0) is 18.4. The number of rotatable bonds is 5. The number of aromatic nitrogens is 4. The van der Waals surface area contributed by atoms with E-state index in [-0.39, 0.29) is 23.6 Å². The summed E-state index contributed by atoms with van der Waals surface area (Å²) in [5, 5.41) is 7.92. The van der Waals surface area contributed by atoms with E-state index in [1.165, 1.54) is 0 Å². The first-order valence-electron chi connectivity index (χ1n) is 8.86. The molecule has 4 rings (SSSR count). The van der Waals surface area contributed by atoms with Crippen molar-refractivity contribution in [3.63, 3.8) is 0 Å². The Balaban J connectivity index is 1.54. The van der Waals surface area contributed by atoms with Gasteiger partial charge in [0.05, 0.1) is 18.8 Å². The summed E-state index contributed by atoms with van der Waals surface area (Å²) in [5.74, 6) is 1.15. The van der Waals surface area contributed by atoms with Gasteiger partial charge in [0.1, 0.15) is 5.82 Å². The lowest BCUT2D eigenvalue weighted by Gasteiger charge is -2.20. The third-order valence-corrected chi connectivity index (χ3v) is 5.18. The first kappa shape index (κ1) is 16.7. The minimum absolute atomic E-state index is 0.144. The summed E-state index contributed by atoms with van der Waals surface area (Å²) in [6.07, 6.45) is 4.38. The van der Waals surface area contributed by atoms with Crippen LogP contribution in [0.25, 0.3) is 0 Å². The van der Waals surface area contributed by atoms with Gasteiger partial charge in [-0.05, 0) is 50.3 Å². The highest BCUT2D eigenvalue weighted by molar-refractivity contribution is 5.99. The Kier molecular flexibility index (Phi) is 3.97. The number of hydrogen-bond donors (Lipinski definition) is 0. The third kappa shape index (κ3) is 2.75. The summed E-state index contributed by atoms with van der Waals surface area (Å²) in [6.45, 7) is 6.76. The lowest BCUT2D eigenvalue weighted by molar-refractivity contribution is -0.118.